The Kier molecular flexibility index (Phi) is 6.92. The molecule has 1 aliphatic heterocycles. The zero-order valence-electron chi connectivity index (χ0n) is 18.2. The van der Waals surface area contributed by atoms with E-state index in [0.29, 0.717) is 25.6 Å². The van der Waals surface area contributed by atoms with Crippen LogP contribution in [0.15, 0.2) is 35.7 Å². The summed E-state index contributed by atoms with van der Waals surface area (Å²) in [6.07, 6.45) is 3.09. The van der Waals surface area contributed by atoms with Gasteiger partial charge in [-0.3, -0.25) is 9.59 Å². The SMILES string of the molecule is COCC(=O)N(CC(=O)N1CCc2sccc2[C@@H]1COc1ccccc1C)CC1CC1. The highest BCUT2D eigenvalue weighted by Gasteiger charge is 2.35. The molecule has 7 heteroatoms. The van der Waals surface area contributed by atoms with Crippen molar-refractivity contribution in [3.05, 3.63) is 51.7 Å². The van der Waals surface area contributed by atoms with E-state index in [9.17, 15) is 9.59 Å². The number of hydrogen-bond donors (Lipinski definition) is 0. The minimum atomic E-state index is -0.151. The Morgan fingerprint density at radius 1 is 1.23 bits per heavy atom. The maximum absolute atomic E-state index is 13.4. The van der Waals surface area contributed by atoms with Crippen LogP contribution in [0, 0.1) is 12.8 Å². The highest BCUT2D eigenvalue weighted by atomic mass is 32.1. The van der Waals surface area contributed by atoms with Gasteiger partial charge in [0.2, 0.25) is 11.8 Å². The molecule has 0 saturated heterocycles. The fourth-order valence-electron chi connectivity index (χ4n) is 4.10. The largest absolute Gasteiger partial charge is 0.491 e. The molecule has 1 atom stereocenters. The van der Waals surface area contributed by atoms with Crippen molar-refractivity contribution in [2.24, 2.45) is 5.92 Å². The number of hydrogen-bond acceptors (Lipinski definition) is 5. The number of methoxy groups -OCH3 is 1. The second-order valence-electron chi connectivity index (χ2n) is 8.38. The molecule has 1 aliphatic carbocycles. The van der Waals surface area contributed by atoms with Crippen LogP contribution in [0.25, 0.3) is 0 Å². The van der Waals surface area contributed by atoms with Crippen molar-refractivity contribution in [3.8, 4) is 5.75 Å². The summed E-state index contributed by atoms with van der Waals surface area (Å²) in [5.74, 6) is 1.20. The number of carbonyl (C=O) groups excluding carboxylic acids is 2. The topological polar surface area (TPSA) is 59.1 Å². The summed E-state index contributed by atoms with van der Waals surface area (Å²) in [6, 6.07) is 9.87. The van der Waals surface area contributed by atoms with E-state index in [2.05, 4.69) is 11.4 Å². The maximum atomic E-state index is 13.4. The normalized spacial score (nSPS) is 17.9. The third-order valence-electron chi connectivity index (χ3n) is 6.03. The molecule has 1 aromatic carbocycles. The summed E-state index contributed by atoms with van der Waals surface area (Å²) in [4.78, 5) is 30.8. The van der Waals surface area contributed by atoms with Gasteiger partial charge in [-0.25, -0.2) is 0 Å². The Bertz CT molecular complexity index is 924. The summed E-state index contributed by atoms with van der Waals surface area (Å²) in [6.45, 7) is 3.80. The quantitative estimate of drug-likeness (QED) is 0.597. The van der Waals surface area contributed by atoms with Gasteiger partial charge >= 0.3 is 0 Å². The molecule has 1 aromatic heterocycles. The van der Waals surface area contributed by atoms with Crippen molar-refractivity contribution in [2.45, 2.75) is 32.2 Å². The molecule has 2 heterocycles. The first kappa shape index (κ1) is 21.8. The van der Waals surface area contributed by atoms with E-state index < -0.39 is 0 Å². The molecule has 0 spiro atoms. The highest BCUT2D eigenvalue weighted by Crippen LogP contribution is 2.35. The highest BCUT2D eigenvalue weighted by molar-refractivity contribution is 7.10. The zero-order valence-corrected chi connectivity index (χ0v) is 19.0. The van der Waals surface area contributed by atoms with Gasteiger partial charge in [-0.1, -0.05) is 18.2 Å². The number of thiophene rings is 1. The van der Waals surface area contributed by atoms with Crippen molar-refractivity contribution in [1.82, 2.24) is 9.80 Å². The van der Waals surface area contributed by atoms with Crippen molar-refractivity contribution in [2.75, 3.05) is 40.0 Å². The van der Waals surface area contributed by atoms with Crippen LogP contribution in [0.2, 0.25) is 0 Å². The molecule has 1 saturated carbocycles. The van der Waals surface area contributed by atoms with E-state index in [1.165, 1.54) is 12.0 Å². The minimum Gasteiger partial charge on any atom is -0.491 e. The third-order valence-corrected chi connectivity index (χ3v) is 7.02. The molecule has 6 nitrogen and oxygen atoms in total. The third kappa shape index (κ3) is 5.28. The molecule has 2 aliphatic rings. The Morgan fingerprint density at radius 2 is 2.03 bits per heavy atom. The van der Waals surface area contributed by atoms with E-state index >= 15 is 0 Å². The molecule has 0 N–H and O–H groups in total. The van der Waals surface area contributed by atoms with Gasteiger partial charge in [-0.15, -0.1) is 11.3 Å². The van der Waals surface area contributed by atoms with Crippen LogP contribution in [-0.2, 0) is 20.7 Å². The Labute approximate surface area is 187 Å². The molecule has 2 aromatic rings. The lowest BCUT2D eigenvalue weighted by Gasteiger charge is -2.37. The number of fused-ring (bicyclic) bond motifs is 1. The number of benzene rings is 1. The Morgan fingerprint density at radius 3 is 2.77 bits per heavy atom. The van der Waals surface area contributed by atoms with Crippen molar-refractivity contribution in [3.63, 3.8) is 0 Å². The molecule has 0 bridgehead atoms. The van der Waals surface area contributed by atoms with E-state index in [1.807, 2.05) is 36.1 Å². The summed E-state index contributed by atoms with van der Waals surface area (Å²) >= 11 is 1.74. The summed E-state index contributed by atoms with van der Waals surface area (Å²) in [7, 11) is 1.51. The lowest BCUT2D eigenvalue weighted by molar-refractivity contribution is -0.144. The van der Waals surface area contributed by atoms with Gasteiger partial charge in [-0.05, 0) is 60.7 Å². The predicted molar refractivity (Wildman–Crippen MR) is 120 cm³/mol. The average Bonchev–Trinajstić information content (AvgIpc) is 3.45. The van der Waals surface area contributed by atoms with Crippen molar-refractivity contribution >= 4 is 23.2 Å². The monoisotopic (exact) mass is 442 g/mol. The lowest BCUT2D eigenvalue weighted by Crippen LogP contribution is -2.48. The van der Waals surface area contributed by atoms with Gasteiger partial charge in [-0.2, -0.15) is 0 Å². The number of rotatable bonds is 9. The second kappa shape index (κ2) is 9.83. The fraction of sp³-hybridized carbons (Fsp3) is 0.500. The second-order valence-corrected chi connectivity index (χ2v) is 9.38. The van der Waals surface area contributed by atoms with Gasteiger partial charge in [0.15, 0.2) is 0 Å². The molecule has 4 rings (SSSR count). The molecule has 166 valence electrons. The van der Waals surface area contributed by atoms with Gasteiger partial charge in [0, 0.05) is 25.1 Å². The minimum absolute atomic E-state index is 0.00843. The van der Waals surface area contributed by atoms with E-state index in [1.54, 1.807) is 16.2 Å². The van der Waals surface area contributed by atoms with Gasteiger partial charge in [0.05, 0.1) is 12.6 Å². The van der Waals surface area contributed by atoms with Crippen LogP contribution >= 0.6 is 11.3 Å². The number of aryl methyl sites for hydroxylation is 1. The van der Waals surface area contributed by atoms with Crippen LogP contribution in [0.1, 0.15) is 34.9 Å². The van der Waals surface area contributed by atoms with E-state index in [-0.39, 0.29) is 31.0 Å². The number of ether oxygens (including phenoxy) is 2. The molecule has 31 heavy (non-hydrogen) atoms. The van der Waals surface area contributed by atoms with Crippen LogP contribution < -0.4 is 4.74 Å². The van der Waals surface area contributed by atoms with Crippen molar-refractivity contribution in [1.29, 1.82) is 0 Å². The van der Waals surface area contributed by atoms with Crippen LogP contribution in [0.5, 0.6) is 5.75 Å². The van der Waals surface area contributed by atoms with Gasteiger partial charge in [0.25, 0.3) is 0 Å². The first-order valence-corrected chi connectivity index (χ1v) is 11.8. The lowest BCUT2D eigenvalue weighted by atomic mass is 10.0. The van der Waals surface area contributed by atoms with Crippen LogP contribution in [-0.4, -0.2) is 61.6 Å². The van der Waals surface area contributed by atoms with Crippen LogP contribution in [0.3, 0.4) is 0 Å². The summed E-state index contributed by atoms with van der Waals surface area (Å²) in [5.41, 5.74) is 2.23. The summed E-state index contributed by atoms with van der Waals surface area (Å²) < 4.78 is 11.2. The molecule has 0 unspecified atom stereocenters. The van der Waals surface area contributed by atoms with Crippen LogP contribution in [0.4, 0.5) is 0 Å². The fourth-order valence-corrected chi connectivity index (χ4v) is 5.03. The van der Waals surface area contributed by atoms with E-state index in [0.717, 1.165) is 36.1 Å². The smallest absolute Gasteiger partial charge is 0.249 e. The Hall–Kier alpha value is -2.38. The first-order valence-electron chi connectivity index (χ1n) is 10.9. The molecule has 1 fully saturated rings. The number of nitrogens with zero attached hydrogens (tertiary/aromatic N) is 2. The summed E-state index contributed by atoms with van der Waals surface area (Å²) in [5, 5.41) is 2.08. The zero-order chi connectivity index (χ0) is 21.8. The first-order chi connectivity index (χ1) is 15.1. The molecular weight excluding hydrogens is 412 g/mol. The van der Waals surface area contributed by atoms with Gasteiger partial charge < -0.3 is 19.3 Å². The van der Waals surface area contributed by atoms with Gasteiger partial charge in [0.1, 0.15) is 19.0 Å². The molecule has 2 amide bonds. The molecule has 0 radical (unpaired) electrons. The average molecular weight is 443 g/mol. The number of carbonyl (C=O) groups is 2. The standard InChI is InChI=1S/C24H30N2O4S/c1-17-5-3-4-6-21(17)30-15-20-19-10-12-31-22(19)9-11-26(20)23(27)14-25(13-18-7-8-18)24(28)16-29-2/h3-6,10,12,18,20H,7-9,11,13-16H2,1-2H3/t20-/m0/s1. The number of amides is 2. The number of para-hydroxylation sites is 1. The van der Waals surface area contributed by atoms with E-state index in [4.69, 9.17) is 9.47 Å². The Balaban J connectivity index is 1.49. The van der Waals surface area contributed by atoms with Crippen molar-refractivity contribution < 1.29 is 19.1 Å². The predicted octanol–water partition coefficient (Wildman–Crippen LogP) is 3.45. The molecular formula is C24H30N2O4S. The maximum Gasteiger partial charge on any atom is 0.249 e.